The first-order chi connectivity index (χ1) is 5.74. The Morgan fingerprint density at radius 3 is 2.67 bits per heavy atom. The molecule has 3 nitrogen and oxygen atoms in total. The quantitative estimate of drug-likeness (QED) is 0.471. The molecule has 1 aromatic carbocycles. The third-order valence-electron chi connectivity index (χ3n) is 1.33. The second kappa shape index (κ2) is 3.76. The van der Waals surface area contributed by atoms with Crippen molar-refractivity contribution < 1.29 is 14.3 Å². The van der Waals surface area contributed by atoms with Gasteiger partial charge >= 0.3 is 6.16 Å². The molecule has 1 rings (SSSR count). The average molecular weight is 165 g/mol. The van der Waals surface area contributed by atoms with Crippen molar-refractivity contribution in [1.82, 2.24) is 0 Å². The number of hydrogen-bond donors (Lipinski definition) is 0. The molecule has 0 aromatic heterocycles. The Kier molecular flexibility index (Phi) is 2.69. The van der Waals surface area contributed by atoms with Gasteiger partial charge in [0.05, 0.1) is 7.11 Å². The van der Waals surface area contributed by atoms with E-state index in [1.54, 1.807) is 18.2 Å². The average Bonchev–Trinajstić information content (AvgIpc) is 2.09. The summed E-state index contributed by atoms with van der Waals surface area (Å²) in [5, 5.41) is 0. The summed E-state index contributed by atoms with van der Waals surface area (Å²) >= 11 is 0. The van der Waals surface area contributed by atoms with Gasteiger partial charge in [-0.25, -0.2) is 4.79 Å². The highest BCUT2D eigenvalue weighted by atomic mass is 16.7. The van der Waals surface area contributed by atoms with E-state index >= 15 is 0 Å². The number of ether oxygens (including phenoxy) is 2. The van der Waals surface area contributed by atoms with E-state index in [-0.39, 0.29) is 0 Å². The number of para-hydroxylation sites is 1. The van der Waals surface area contributed by atoms with Gasteiger partial charge in [-0.15, -0.1) is 0 Å². The lowest BCUT2D eigenvalue weighted by Crippen LogP contribution is -2.07. The third-order valence-corrected chi connectivity index (χ3v) is 1.33. The fraction of sp³-hybridized carbons (Fsp3) is 0.111. The van der Waals surface area contributed by atoms with E-state index in [1.807, 2.05) is 6.07 Å². The lowest BCUT2D eigenvalue weighted by Gasteiger charge is -2.03. The van der Waals surface area contributed by atoms with Crippen LogP contribution in [0.1, 0.15) is 5.56 Å². The van der Waals surface area contributed by atoms with E-state index in [4.69, 9.17) is 4.74 Å². The number of methoxy groups -OCH3 is 1. The van der Waals surface area contributed by atoms with Crippen LogP contribution in [0.3, 0.4) is 0 Å². The van der Waals surface area contributed by atoms with Crippen LogP contribution in [0, 0.1) is 6.92 Å². The largest absolute Gasteiger partial charge is 0.513 e. The first kappa shape index (κ1) is 8.59. The molecule has 0 atom stereocenters. The van der Waals surface area contributed by atoms with Gasteiger partial charge < -0.3 is 9.47 Å². The molecule has 12 heavy (non-hydrogen) atoms. The molecular weight excluding hydrogens is 156 g/mol. The van der Waals surface area contributed by atoms with E-state index in [9.17, 15) is 4.79 Å². The summed E-state index contributed by atoms with van der Waals surface area (Å²) in [4.78, 5) is 10.7. The van der Waals surface area contributed by atoms with Crippen molar-refractivity contribution in [3.63, 3.8) is 0 Å². The summed E-state index contributed by atoms with van der Waals surface area (Å²) in [5.74, 6) is 0.421. The first-order valence-electron chi connectivity index (χ1n) is 3.41. The fourth-order valence-electron chi connectivity index (χ4n) is 0.735. The van der Waals surface area contributed by atoms with Gasteiger partial charge in [0, 0.05) is 0 Å². The van der Waals surface area contributed by atoms with E-state index in [2.05, 4.69) is 11.7 Å². The van der Waals surface area contributed by atoms with Gasteiger partial charge in [0.25, 0.3) is 0 Å². The Bertz CT molecular complexity index is 281. The highest BCUT2D eigenvalue weighted by Gasteiger charge is 2.04. The SMILES string of the molecule is [CH2]c1ccccc1OC(=O)OC. The zero-order valence-corrected chi connectivity index (χ0v) is 6.74. The van der Waals surface area contributed by atoms with E-state index < -0.39 is 6.16 Å². The molecule has 0 amide bonds. The van der Waals surface area contributed by atoms with Crippen LogP contribution >= 0.6 is 0 Å². The van der Waals surface area contributed by atoms with Gasteiger partial charge in [-0.2, -0.15) is 0 Å². The smallest absolute Gasteiger partial charge is 0.437 e. The Balaban J connectivity index is 2.75. The minimum absolute atomic E-state index is 0.421. The summed E-state index contributed by atoms with van der Waals surface area (Å²) in [5.41, 5.74) is 0.655. The van der Waals surface area contributed by atoms with Crippen LogP contribution < -0.4 is 4.74 Å². The zero-order chi connectivity index (χ0) is 8.97. The van der Waals surface area contributed by atoms with Crippen LogP contribution in [0.4, 0.5) is 4.79 Å². The van der Waals surface area contributed by atoms with Gasteiger partial charge in [-0.1, -0.05) is 18.2 Å². The monoisotopic (exact) mass is 165 g/mol. The molecule has 1 radical (unpaired) electrons. The Hall–Kier alpha value is -1.51. The van der Waals surface area contributed by atoms with Crippen LogP contribution in [0.2, 0.25) is 0 Å². The predicted octanol–water partition coefficient (Wildman–Crippen LogP) is 2.01. The highest BCUT2D eigenvalue weighted by molar-refractivity contribution is 5.64. The van der Waals surface area contributed by atoms with Crippen molar-refractivity contribution in [3.05, 3.63) is 36.8 Å². The molecule has 0 bridgehead atoms. The molecule has 0 aliphatic heterocycles. The minimum atomic E-state index is -0.730. The summed E-state index contributed by atoms with van der Waals surface area (Å²) in [7, 11) is 1.26. The van der Waals surface area contributed by atoms with Gasteiger partial charge in [0.15, 0.2) is 0 Å². The maximum atomic E-state index is 10.7. The molecule has 0 aliphatic carbocycles. The fourth-order valence-corrected chi connectivity index (χ4v) is 0.735. The normalized spacial score (nSPS) is 9.17. The number of carbonyl (C=O) groups is 1. The van der Waals surface area contributed by atoms with Gasteiger partial charge in [0.1, 0.15) is 5.75 Å². The summed E-state index contributed by atoms with van der Waals surface area (Å²) in [6, 6.07) is 6.97. The third kappa shape index (κ3) is 1.99. The summed E-state index contributed by atoms with van der Waals surface area (Å²) < 4.78 is 9.09. The maximum absolute atomic E-state index is 10.7. The van der Waals surface area contributed by atoms with Crippen molar-refractivity contribution >= 4 is 6.16 Å². The highest BCUT2D eigenvalue weighted by Crippen LogP contribution is 2.16. The van der Waals surface area contributed by atoms with Crippen molar-refractivity contribution in [1.29, 1.82) is 0 Å². The van der Waals surface area contributed by atoms with Crippen molar-refractivity contribution in [3.8, 4) is 5.75 Å². The Labute approximate surface area is 70.9 Å². The molecule has 0 unspecified atom stereocenters. The molecule has 1 aromatic rings. The standard InChI is InChI=1S/C9H9O3/c1-7-5-3-4-6-8(7)12-9(10)11-2/h3-6H,1H2,2H3. The first-order valence-corrected chi connectivity index (χ1v) is 3.41. The Morgan fingerprint density at radius 2 is 2.08 bits per heavy atom. The van der Waals surface area contributed by atoms with Crippen LogP contribution in [-0.4, -0.2) is 13.3 Å². The van der Waals surface area contributed by atoms with Crippen LogP contribution in [-0.2, 0) is 4.74 Å². The molecular formula is C9H9O3. The molecule has 0 N–H and O–H groups in total. The molecule has 0 aliphatic rings. The van der Waals surface area contributed by atoms with Crippen LogP contribution in [0.5, 0.6) is 5.75 Å². The van der Waals surface area contributed by atoms with E-state index in [0.717, 1.165) is 0 Å². The predicted molar refractivity (Wildman–Crippen MR) is 43.9 cm³/mol. The lowest BCUT2D eigenvalue weighted by molar-refractivity contribution is 0.121. The molecule has 0 saturated heterocycles. The van der Waals surface area contributed by atoms with Gasteiger partial charge in [0.2, 0.25) is 0 Å². The lowest BCUT2D eigenvalue weighted by atomic mass is 10.2. The van der Waals surface area contributed by atoms with E-state index in [1.165, 1.54) is 7.11 Å². The van der Waals surface area contributed by atoms with Crippen molar-refractivity contribution in [2.24, 2.45) is 0 Å². The van der Waals surface area contributed by atoms with Gasteiger partial charge in [-0.05, 0) is 18.6 Å². The zero-order valence-electron chi connectivity index (χ0n) is 6.74. The van der Waals surface area contributed by atoms with Crippen LogP contribution in [0.15, 0.2) is 24.3 Å². The van der Waals surface area contributed by atoms with E-state index in [0.29, 0.717) is 11.3 Å². The molecule has 3 heteroatoms. The van der Waals surface area contributed by atoms with Crippen molar-refractivity contribution in [2.45, 2.75) is 0 Å². The molecule has 0 fully saturated rings. The topological polar surface area (TPSA) is 35.5 Å². The second-order valence-corrected chi connectivity index (χ2v) is 2.16. The number of benzene rings is 1. The second-order valence-electron chi connectivity index (χ2n) is 2.16. The number of hydrogen-bond acceptors (Lipinski definition) is 3. The van der Waals surface area contributed by atoms with Crippen LogP contribution in [0.25, 0.3) is 0 Å². The minimum Gasteiger partial charge on any atom is -0.437 e. The molecule has 0 spiro atoms. The van der Waals surface area contributed by atoms with Crippen molar-refractivity contribution in [2.75, 3.05) is 7.11 Å². The molecule has 0 heterocycles. The summed E-state index contributed by atoms with van der Waals surface area (Å²) in [6.07, 6.45) is -0.730. The van der Waals surface area contributed by atoms with Gasteiger partial charge in [-0.3, -0.25) is 0 Å². The summed E-state index contributed by atoms with van der Waals surface area (Å²) in [6.45, 7) is 3.68. The Morgan fingerprint density at radius 1 is 1.42 bits per heavy atom. The molecule has 63 valence electrons. The molecule has 0 saturated carbocycles. The number of rotatable bonds is 1. The number of carbonyl (C=O) groups excluding carboxylic acids is 1. The maximum Gasteiger partial charge on any atom is 0.513 e.